The summed E-state index contributed by atoms with van der Waals surface area (Å²) < 4.78 is 9.57. The van der Waals surface area contributed by atoms with E-state index in [-0.39, 0.29) is 0 Å². The van der Waals surface area contributed by atoms with Gasteiger partial charge in [0.2, 0.25) is 5.28 Å². The SMILES string of the molecule is Clc1nsc(CCC2CCCCO2)n1. The summed E-state index contributed by atoms with van der Waals surface area (Å²) in [4.78, 5) is 4.11. The average Bonchev–Trinajstić information content (AvgIpc) is 2.63. The fourth-order valence-electron chi connectivity index (χ4n) is 1.66. The third kappa shape index (κ3) is 2.90. The fraction of sp³-hybridized carbons (Fsp3) is 0.778. The maximum Gasteiger partial charge on any atom is 0.234 e. The number of rotatable bonds is 3. The van der Waals surface area contributed by atoms with Gasteiger partial charge in [-0.05, 0) is 48.8 Å². The lowest BCUT2D eigenvalue weighted by molar-refractivity contribution is 0.0115. The highest BCUT2D eigenvalue weighted by molar-refractivity contribution is 7.05. The van der Waals surface area contributed by atoms with E-state index in [0.717, 1.165) is 24.5 Å². The van der Waals surface area contributed by atoms with Crippen molar-refractivity contribution in [3.05, 3.63) is 10.3 Å². The molecule has 0 radical (unpaired) electrons. The topological polar surface area (TPSA) is 35.0 Å². The molecule has 0 bridgehead atoms. The molecule has 1 aromatic heterocycles. The van der Waals surface area contributed by atoms with E-state index in [1.165, 1.54) is 30.8 Å². The van der Waals surface area contributed by atoms with Crippen LogP contribution >= 0.6 is 23.1 Å². The molecule has 5 heteroatoms. The van der Waals surface area contributed by atoms with Gasteiger partial charge in [0, 0.05) is 13.0 Å². The van der Waals surface area contributed by atoms with E-state index in [9.17, 15) is 0 Å². The average molecular weight is 233 g/mol. The van der Waals surface area contributed by atoms with Gasteiger partial charge >= 0.3 is 0 Å². The number of aryl methyl sites for hydroxylation is 1. The van der Waals surface area contributed by atoms with Gasteiger partial charge in [0.05, 0.1) is 6.10 Å². The standard InChI is InChI=1S/C9H13ClN2OS/c10-9-11-8(14-12-9)5-4-7-3-1-2-6-13-7/h7H,1-6H2. The summed E-state index contributed by atoms with van der Waals surface area (Å²) in [5, 5.41) is 1.39. The first kappa shape index (κ1) is 10.3. The molecule has 1 atom stereocenters. The quantitative estimate of drug-likeness (QED) is 0.804. The van der Waals surface area contributed by atoms with Gasteiger partial charge in [-0.15, -0.1) is 0 Å². The van der Waals surface area contributed by atoms with Gasteiger partial charge in [-0.3, -0.25) is 0 Å². The molecule has 1 aliphatic rings. The van der Waals surface area contributed by atoms with Gasteiger partial charge in [-0.25, -0.2) is 4.98 Å². The Morgan fingerprint density at radius 1 is 1.50 bits per heavy atom. The molecule has 1 saturated heterocycles. The predicted octanol–water partition coefficient (Wildman–Crippen LogP) is 2.69. The van der Waals surface area contributed by atoms with Crippen LogP contribution in [0.5, 0.6) is 0 Å². The first-order valence-electron chi connectivity index (χ1n) is 4.94. The molecule has 3 nitrogen and oxygen atoms in total. The van der Waals surface area contributed by atoms with Gasteiger partial charge < -0.3 is 4.74 Å². The second-order valence-electron chi connectivity index (χ2n) is 3.48. The lowest BCUT2D eigenvalue weighted by Crippen LogP contribution is -2.19. The number of halogens is 1. The zero-order valence-corrected chi connectivity index (χ0v) is 9.48. The minimum Gasteiger partial charge on any atom is -0.378 e. The highest BCUT2D eigenvalue weighted by Gasteiger charge is 2.14. The predicted molar refractivity (Wildman–Crippen MR) is 56.8 cm³/mol. The molecule has 1 aliphatic heterocycles. The Morgan fingerprint density at radius 2 is 2.43 bits per heavy atom. The Kier molecular flexibility index (Phi) is 3.73. The van der Waals surface area contributed by atoms with Crippen molar-refractivity contribution in [2.45, 2.75) is 38.2 Å². The summed E-state index contributed by atoms with van der Waals surface area (Å²) in [5.41, 5.74) is 0. The van der Waals surface area contributed by atoms with Crippen LogP contribution in [0.1, 0.15) is 30.7 Å². The van der Waals surface area contributed by atoms with E-state index >= 15 is 0 Å². The molecule has 1 fully saturated rings. The molecule has 1 unspecified atom stereocenters. The van der Waals surface area contributed by atoms with Crippen LogP contribution in [0, 0.1) is 0 Å². The Morgan fingerprint density at radius 3 is 3.07 bits per heavy atom. The number of nitrogens with zero attached hydrogens (tertiary/aromatic N) is 2. The van der Waals surface area contributed by atoms with Crippen molar-refractivity contribution in [2.24, 2.45) is 0 Å². The highest BCUT2D eigenvalue weighted by atomic mass is 35.5. The van der Waals surface area contributed by atoms with Crippen LogP contribution in [-0.2, 0) is 11.2 Å². The maximum absolute atomic E-state index is 5.64. The van der Waals surface area contributed by atoms with E-state index in [2.05, 4.69) is 9.36 Å². The van der Waals surface area contributed by atoms with Crippen LogP contribution in [0.3, 0.4) is 0 Å². The van der Waals surface area contributed by atoms with Crippen molar-refractivity contribution in [1.29, 1.82) is 0 Å². The van der Waals surface area contributed by atoms with Crippen LogP contribution in [0.2, 0.25) is 5.28 Å². The molecule has 0 amide bonds. The Balaban J connectivity index is 1.76. The molecular formula is C9H13ClN2OS. The summed E-state index contributed by atoms with van der Waals surface area (Å²) in [6.45, 7) is 0.918. The van der Waals surface area contributed by atoms with Gasteiger partial charge in [-0.2, -0.15) is 4.37 Å². The number of hydrogen-bond acceptors (Lipinski definition) is 4. The molecular weight excluding hydrogens is 220 g/mol. The first-order chi connectivity index (χ1) is 6.84. The third-order valence-corrected chi connectivity index (χ3v) is 3.44. The smallest absolute Gasteiger partial charge is 0.234 e. The van der Waals surface area contributed by atoms with Crippen LogP contribution in [0.25, 0.3) is 0 Å². The first-order valence-corrected chi connectivity index (χ1v) is 6.09. The summed E-state index contributed by atoms with van der Waals surface area (Å²) in [6, 6.07) is 0. The van der Waals surface area contributed by atoms with Crippen molar-refractivity contribution in [3.63, 3.8) is 0 Å². The molecule has 14 heavy (non-hydrogen) atoms. The molecule has 1 aromatic rings. The molecule has 0 aliphatic carbocycles. The zero-order chi connectivity index (χ0) is 9.80. The normalized spacial score (nSPS) is 22.5. The molecule has 2 rings (SSSR count). The maximum atomic E-state index is 5.64. The molecule has 0 saturated carbocycles. The van der Waals surface area contributed by atoms with E-state index < -0.39 is 0 Å². The van der Waals surface area contributed by atoms with Crippen molar-refractivity contribution in [1.82, 2.24) is 9.36 Å². The van der Waals surface area contributed by atoms with Crippen molar-refractivity contribution in [3.8, 4) is 0 Å². The molecule has 78 valence electrons. The second-order valence-corrected chi connectivity index (χ2v) is 4.66. The number of ether oxygens (including phenoxy) is 1. The zero-order valence-electron chi connectivity index (χ0n) is 7.91. The Bertz CT molecular complexity index is 286. The van der Waals surface area contributed by atoms with E-state index in [1.54, 1.807) is 0 Å². The van der Waals surface area contributed by atoms with Crippen LogP contribution in [0.15, 0.2) is 0 Å². The summed E-state index contributed by atoms with van der Waals surface area (Å²) in [6.07, 6.45) is 6.10. The number of hydrogen-bond donors (Lipinski definition) is 0. The third-order valence-electron chi connectivity index (χ3n) is 2.40. The molecule has 0 aromatic carbocycles. The van der Waals surface area contributed by atoms with Crippen molar-refractivity contribution < 1.29 is 4.74 Å². The minimum absolute atomic E-state index is 0.370. The fourth-order valence-corrected chi connectivity index (χ4v) is 2.47. The monoisotopic (exact) mass is 232 g/mol. The lowest BCUT2D eigenvalue weighted by atomic mass is 10.1. The highest BCUT2D eigenvalue weighted by Crippen LogP contribution is 2.19. The Hall–Kier alpha value is -0.190. The van der Waals surface area contributed by atoms with Gasteiger partial charge in [0.15, 0.2) is 0 Å². The van der Waals surface area contributed by atoms with Crippen molar-refractivity contribution >= 4 is 23.1 Å². The minimum atomic E-state index is 0.370. The molecule has 0 N–H and O–H groups in total. The van der Waals surface area contributed by atoms with E-state index in [1.807, 2.05) is 0 Å². The van der Waals surface area contributed by atoms with Gasteiger partial charge in [0.1, 0.15) is 5.01 Å². The summed E-state index contributed by atoms with van der Waals surface area (Å²) in [5.74, 6) is 0. The van der Waals surface area contributed by atoms with Crippen LogP contribution in [-0.4, -0.2) is 22.1 Å². The van der Waals surface area contributed by atoms with Crippen molar-refractivity contribution in [2.75, 3.05) is 6.61 Å². The van der Waals surface area contributed by atoms with Crippen LogP contribution < -0.4 is 0 Å². The van der Waals surface area contributed by atoms with Gasteiger partial charge in [-0.1, -0.05) is 0 Å². The Labute approximate surface area is 92.6 Å². The van der Waals surface area contributed by atoms with Crippen LogP contribution in [0.4, 0.5) is 0 Å². The molecule has 2 heterocycles. The lowest BCUT2D eigenvalue weighted by Gasteiger charge is -2.21. The molecule has 0 spiro atoms. The largest absolute Gasteiger partial charge is 0.378 e. The summed E-state index contributed by atoms with van der Waals surface area (Å²) >= 11 is 7.03. The second kappa shape index (κ2) is 5.05. The van der Waals surface area contributed by atoms with Gasteiger partial charge in [0.25, 0.3) is 0 Å². The van der Waals surface area contributed by atoms with E-state index in [4.69, 9.17) is 16.3 Å². The van der Waals surface area contributed by atoms with E-state index in [0.29, 0.717) is 11.4 Å². The number of aromatic nitrogens is 2. The summed E-state index contributed by atoms with van der Waals surface area (Å²) in [7, 11) is 0.